The molecule has 6 nitrogen and oxygen atoms in total. The number of fused-ring (bicyclic) bond motifs is 1. The minimum absolute atomic E-state index is 0.223. The highest BCUT2D eigenvalue weighted by Crippen LogP contribution is 2.20. The molecule has 1 N–H and O–H groups in total. The molecular formula is C18H24N4O2. The average molecular weight is 328 g/mol. The van der Waals surface area contributed by atoms with Gasteiger partial charge in [-0.3, -0.25) is 0 Å². The first-order chi connectivity index (χ1) is 11.4. The van der Waals surface area contributed by atoms with Gasteiger partial charge >= 0.3 is 6.09 Å². The van der Waals surface area contributed by atoms with Crippen molar-refractivity contribution in [1.29, 1.82) is 0 Å². The summed E-state index contributed by atoms with van der Waals surface area (Å²) in [5.41, 5.74) is 1.30. The SMILES string of the molecule is CC(C)(C)OC(=O)N1CCC(Nc2cnc3ncccc3c2)CC1. The Labute approximate surface area is 142 Å². The molecule has 0 atom stereocenters. The Morgan fingerprint density at radius 1 is 1.29 bits per heavy atom. The minimum atomic E-state index is -0.447. The number of piperidine rings is 1. The first-order valence-electron chi connectivity index (χ1n) is 8.36. The van der Waals surface area contributed by atoms with Gasteiger partial charge in [-0.05, 0) is 51.8 Å². The van der Waals surface area contributed by atoms with Gasteiger partial charge in [0.15, 0.2) is 5.65 Å². The molecule has 0 bridgehead atoms. The van der Waals surface area contributed by atoms with E-state index in [-0.39, 0.29) is 6.09 Å². The Bertz CT molecular complexity index is 718. The molecule has 3 rings (SSSR count). The lowest BCUT2D eigenvalue weighted by Gasteiger charge is -2.34. The van der Waals surface area contributed by atoms with Crippen molar-refractivity contribution in [2.75, 3.05) is 18.4 Å². The maximum Gasteiger partial charge on any atom is 0.410 e. The number of aromatic nitrogens is 2. The standard InChI is InChI=1S/C18H24N4O2/c1-18(2,3)24-17(23)22-9-6-14(7-10-22)21-15-11-13-5-4-8-19-16(13)20-12-15/h4-5,8,11-12,14,21H,6-7,9-10H2,1-3H3. The van der Waals surface area contributed by atoms with Crippen LogP contribution in [0.15, 0.2) is 30.6 Å². The number of likely N-dealkylation sites (tertiary alicyclic amines) is 1. The van der Waals surface area contributed by atoms with E-state index in [4.69, 9.17) is 4.74 Å². The number of hydrogen-bond acceptors (Lipinski definition) is 5. The molecular weight excluding hydrogens is 304 g/mol. The molecule has 0 aliphatic carbocycles. The number of anilines is 1. The molecule has 1 amide bonds. The van der Waals surface area contributed by atoms with Crippen LogP contribution in [0.3, 0.4) is 0 Å². The fourth-order valence-corrected chi connectivity index (χ4v) is 2.81. The number of nitrogens with one attached hydrogen (secondary N) is 1. The van der Waals surface area contributed by atoms with E-state index >= 15 is 0 Å². The van der Waals surface area contributed by atoms with Gasteiger partial charge in [0.1, 0.15) is 5.60 Å². The monoisotopic (exact) mass is 328 g/mol. The summed E-state index contributed by atoms with van der Waals surface area (Å²) in [6.07, 6.45) is 5.12. The molecule has 3 heterocycles. The first-order valence-corrected chi connectivity index (χ1v) is 8.36. The number of amides is 1. The van der Waals surface area contributed by atoms with Crippen molar-refractivity contribution in [3.8, 4) is 0 Å². The summed E-state index contributed by atoms with van der Waals surface area (Å²) in [6, 6.07) is 6.31. The zero-order valence-corrected chi connectivity index (χ0v) is 14.5. The predicted octanol–water partition coefficient (Wildman–Crippen LogP) is 3.44. The third-order valence-electron chi connectivity index (χ3n) is 3.97. The summed E-state index contributed by atoms with van der Waals surface area (Å²) < 4.78 is 5.43. The van der Waals surface area contributed by atoms with Crippen molar-refractivity contribution in [2.24, 2.45) is 0 Å². The molecule has 0 aromatic carbocycles. The van der Waals surface area contributed by atoms with Gasteiger partial charge in [-0.25, -0.2) is 14.8 Å². The Kier molecular flexibility index (Phi) is 4.55. The largest absolute Gasteiger partial charge is 0.444 e. The molecule has 0 unspecified atom stereocenters. The smallest absolute Gasteiger partial charge is 0.410 e. The van der Waals surface area contributed by atoms with Crippen LogP contribution in [0.5, 0.6) is 0 Å². The van der Waals surface area contributed by atoms with E-state index in [1.165, 1.54) is 0 Å². The van der Waals surface area contributed by atoms with Crippen molar-refractivity contribution >= 4 is 22.8 Å². The molecule has 2 aromatic rings. The van der Waals surface area contributed by atoms with Gasteiger partial charge in [-0.15, -0.1) is 0 Å². The third kappa shape index (κ3) is 4.13. The highest BCUT2D eigenvalue weighted by atomic mass is 16.6. The third-order valence-corrected chi connectivity index (χ3v) is 3.97. The number of nitrogens with zero attached hydrogens (tertiary/aromatic N) is 3. The normalized spacial score (nSPS) is 16.2. The molecule has 1 aliphatic rings. The molecule has 0 saturated carbocycles. The van der Waals surface area contributed by atoms with Gasteiger partial charge < -0.3 is 15.0 Å². The second-order valence-corrected chi connectivity index (χ2v) is 7.16. The number of hydrogen-bond donors (Lipinski definition) is 1. The fourth-order valence-electron chi connectivity index (χ4n) is 2.81. The highest BCUT2D eigenvalue weighted by molar-refractivity contribution is 5.78. The quantitative estimate of drug-likeness (QED) is 0.914. The van der Waals surface area contributed by atoms with Gasteiger partial charge in [-0.1, -0.05) is 0 Å². The van der Waals surface area contributed by atoms with Crippen LogP contribution in [0.4, 0.5) is 10.5 Å². The van der Waals surface area contributed by atoms with Crippen LogP contribution >= 0.6 is 0 Å². The lowest BCUT2D eigenvalue weighted by atomic mass is 10.1. The zero-order chi connectivity index (χ0) is 17.2. The molecule has 0 spiro atoms. The van der Waals surface area contributed by atoms with Crippen LogP contribution in [0.2, 0.25) is 0 Å². The van der Waals surface area contributed by atoms with Gasteiger partial charge in [0, 0.05) is 30.7 Å². The van der Waals surface area contributed by atoms with E-state index in [1.54, 1.807) is 11.1 Å². The van der Waals surface area contributed by atoms with E-state index in [0.717, 1.165) is 29.6 Å². The first kappa shape index (κ1) is 16.5. The molecule has 1 aliphatic heterocycles. The summed E-state index contributed by atoms with van der Waals surface area (Å²) in [6.45, 7) is 7.08. The van der Waals surface area contributed by atoms with Gasteiger partial charge in [0.25, 0.3) is 0 Å². The second-order valence-electron chi connectivity index (χ2n) is 7.16. The maximum atomic E-state index is 12.1. The van der Waals surface area contributed by atoms with Crippen molar-refractivity contribution in [2.45, 2.75) is 45.3 Å². The molecule has 128 valence electrons. The molecule has 1 saturated heterocycles. The fraction of sp³-hybridized carbons (Fsp3) is 0.500. The van der Waals surface area contributed by atoms with Crippen molar-refractivity contribution < 1.29 is 9.53 Å². The molecule has 6 heteroatoms. The number of carbonyl (C=O) groups is 1. The van der Waals surface area contributed by atoms with E-state index in [0.29, 0.717) is 19.1 Å². The van der Waals surface area contributed by atoms with Crippen molar-refractivity contribution in [3.05, 3.63) is 30.6 Å². The topological polar surface area (TPSA) is 67.3 Å². The summed E-state index contributed by atoms with van der Waals surface area (Å²) in [4.78, 5) is 22.5. The van der Waals surface area contributed by atoms with E-state index < -0.39 is 5.60 Å². The van der Waals surface area contributed by atoms with Crippen molar-refractivity contribution in [1.82, 2.24) is 14.9 Å². The maximum absolute atomic E-state index is 12.1. The van der Waals surface area contributed by atoms with Gasteiger partial charge in [-0.2, -0.15) is 0 Å². The second kappa shape index (κ2) is 6.63. The summed E-state index contributed by atoms with van der Waals surface area (Å²) in [7, 11) is 0. The van der Waals surface area contributed by atoms with E-state index in [1.807, 2.05) is 39.1 Å². The minimum Gasteiger partial charge on any atom is -0.444 e. The Morgan fingerprint density at radius 2 is 2.04 bits per heavy atom. The summed E-state index contributed by atoms with van der Waals surface area (Å²) >= 11 is 0. The van der Waals surface area contributed by atoms with Crippen LogP contribution in [0.1, 0.15) is 33.6 Å². The van der Waals surface area contributed by atoms with E-state index in [9.17, 15) is 4.79 Å². The number of rotatable bonds is 2. The summed E-state index contributed by atoms with van der Waals surface area (Å²) in [5, 5.41) is 4.53. The number of carbonyl (C=O) groups excluding carboxylic acids is 1. The summed E-state index contributed by atoms with van der Waals surface area (Å²) in [5.74, 6) is 0. The van der Waals surface area contributed by atoms with Crippen LogP contribution in [-0.2, 0) is 4.74 Å². The van der Waals surface area contributed by atoms with Crippen LogP contribution in [-0.4, -0.2) is 45.7 Å². The zero-order valence-electron chi connectivity index (χ0n) is 14.5. The van der Waals surface area contributed by atoms with Gasteiger partial charge in [0.2, 0.25) is 0 Å². The van der Waals surface area contributed by atoms with Gasteiger partial charge in [0.05, 0.1) is 11.9 Å². The number of ether oxygens (including phenoxy) is 1. The van der Waals surface area contributed by atoms with E-state index in [2.05, 4.69) is 21.4 Å². The van der Waals surface area contributed by atoms with Crippen molar-refractivity contribution in [3.63, 3.8) is 0 Å². The average Bonchev–Trinajstić information content (AvgIpc) is 2.54. The molecule has 1 fully saturated rings. The van der Waals surface area contributed by atoms with Crippen LogP contribution in [0.25, 0.3) is 11.0 Å². The predicted molar refractivity (Wildman–Crippen MR) is 94.0 cm³/mol. The Hall–Kier alpha value is -2.37. The molecule has 0 radical (unpaired) electrons. The van der Waals surface area contributed by atoms with Crippen LogP contribution < -0.4 is 5.32 Å². The Balaban J connectivity index is 1.55. The lowest BCUT2D eigenvalue weighted by Crippen LogP contribution is -2.44. The molecule has 24 heavy (non-hydrogen) atoms. The van der Waals surface area contributed by atoms with Crippen LogP contribution in [0, 0.1) is 0 Å². The highest BCUT2D eigenvalue weighted by Gasteiger charge is 2.26. The lowest BCUT2D eigenvalue weighted by molar-refractivity contribution is 0.0210. The molecule has 2 aromatic heterocycles. The Morgan fingerprint density at radius 3 is 2.75 bits per heavy atom. The number of pyridine rings is 2.